The van der Waals surface area contributed by atoms with Crippen molar-refractivity contribution in [1.82, 2.24) is 0 Å². The summed E-state index contributed by atoms with van der Waals surface area (Å²) in [5, 5.41) is 9.15. The van der Waals surface area contributed by atoms with Gasteiger partial charge in [0.1, 0.15) is 12.3 Å². The van der Waals surface area contributed by atoms with Crippen LogP contribution in [0.15, 0.2) is 54.9 Å². The lowest BCUT2D eigenvalue weighted by Crippen LogP contribution is -2.32. The van der Waals surface area contributed by atoms with E-state index in [1.54, 1.807) is 12.1 Å². The predicted octanol–water partition coefficient (Wildman–Crippen LogP) is 11.1. The van der Waals surface area contributed by atoms with E-state index in [0.29, 0.717) is 5.75 Å². The summed E-state index contributed by atoms with van der Waals surface area (Å²) in [6.07, 6.45) is 35.1. The maximum absolute atomic E-state index is 9.15. The summed E-state index contributed by atoms with van der Waals surface area (Å²) in [4.78, 5) is 0. The van der Waals surface area contributed by atoms with Crippen LogP contribution in [0.25, 0.3) is 0 Å². The molecule has 1 N–H and O–H groups in total. The fourth-order valence-corrected chi connectivity index (χ4v) is 5.02. The van der Waals surface area contributed by atoms with Gasteiger partial charge in [0.15, 0.2) is 12.4 Å². The molecule has 1 aromatic carbocycles. The molecule has 2 nitrogen and oxygen atoms in total. The van der Waals surface area contributed by atoms with Gasteiger partial charge in [0.05, 0.1) is 0 Å². The Bertz CT molecular complexity index is 712. The second kappa shape index (κ2) is 26.8. The Hall–Kier alpha value is -1.83. The Labute approximate surface area is 237 Å². The molecule has 0 radical (unpaired) electrons. The number of aryl methyl sites for hydroxylation is 2. The third-order valence-electron chi connectivity index (χ3n) is 7.55. The van der Waals surface area contributed by atoms with E-state index in [9.17, 15) is 0 Å². The van der Waals surface area contributed by atoms with Gasteiger partial charge >= 0.3 is 0 Å². The van der Waals surface area contributed by atoms with E-state index in [1.807, 2.05) is 12.1 Å². The number of nitrogens with zero attached hydrogens (tertiary/aromatic N) is 1. The number of aromatic hydroxyl groups is 1. The van der Waals surface area contributed by atoms with Crippen molar-refractivity contribution >= 4 is 0 Å². The second-order valence-electron chi connectivity index (χ2n) is 11.2. The molecule has 0 aliphatic heterocycles. The second-order valence-corrected chi connectivity index (χ2v) is 11.2. The smallest absolute Gasteiger partial charge is 0.168 e. The fraction of sp³-hybridized carbons (Fsp3) is 0.694. The number of aromatic nitrogens is 1. The lowest BCUT2D eigenvalue weighted by Gasteiger charge is -2.02. The van der Waals surface area contributed by atoms with Gasteiger partial charge in [-0.3, -0.25) is 0 Å². The molecular formula is C36H62NO+. The predicted molar refractivity (Wildman–Crippen MR) is 167 cm³/mol. The van der Waals surface area contributed by atoms with Gasteiger partial charge in [-0.1, -0.05) is 148 Å². The number of phenolic OH excluding ortho intramolecular Hbond substituents is 1. The average molecular weight is 525 g/mol. The SMILES string of the molecule is CCCCCCCCCCCCCCCC[n+]1ccccc1.CCCCCCCCCc1ccc(O)cc1. The maximum Gasteiger partial charge on any atom is 0.168 e. The van der Waals surface area contributed by atoms with Gasteiger partial charge in [0.25, 0.3) is 0 Å². The van der Waals surface area contributed by atoms with Crippen molar-refractivity contribution in [2.75, 3.05) is 0 Å². The summed E-state index contributed by atoms with van der Waals surface area (Å²) in [5.74, 6) is 0.364. The Morgan fingerprint density at radius 3 is 1.32 bits per heavy atom. The Balaban J connectivity index is 0.000000399. The summed E-state index contributed by atoms with van der Waals surface area (Å²) in [6, 6.07) is 13.9. The lowest BCUT2D eigenvalue weighted by atomic mass is 10.0. The Morgan fingerprint density at radius 1 is 0.474 bits per heavy atom. The first-order valence-corrected chi connectivity index (χ1v) is 16.5. The molecular weight excluding hydrogens is 462 g/mol. The zero-order valence-electron chi connectivity index (χ0n) is 25.4. The van der Waals surface area contributed by atoms with E-state index in [0.717, 1.165) is 6.42 Å². The van der Waals surface area contributed by atoms with Gasteiger partial charge in [0.2, 0.25) is 0 Å². The van der Waals surface area contributed by atoms with Crippen LogP contribution in [0.2, 0.25) is 0 Å². The topological polar surface area (TPSA) is 24.1 Å². The summed E-state index contributed by atoms with van der Waals surface area (Å²) in [6.45, 7) is 5.73. The monoisotopic (exact) mass is 524 g/mol. The Kier molecular flexibility index (Phi) is 24.1. The molecule has 0 saturated carbocycles. The van der Waals surface area contributed by atoms with Crippen LogP contribution in [-0.4, -0.2) is 5.11 Å². The molecule has 1 heterocycles. The molecule has 1 aromatic heterocycles. The highest BCUT2D eigenvalue weighted by atomic mass is 16.3. The van der Waals surface area contributed by atoms with Crippen molar-refractivity contribution in [2.45, 2.75) is 162 Å². The summed E-state index contributed by atoms with van der Waals surface area (Å²) < 4.78 is 2.29. The number of phenols is 1. The van der Waals surface area contributed by atoms with Crippen molar-refractivity contribution in [2.24, 2.45) is 0 Å². The lowest BCUT2D eigenvalue weighted by molar-refractivity contribution is -0.697. The molecule has 0 aliphatic carbocycles. The molecule has 216 valence electrons. The van der Waals surface area contributed by atoms with Gasteiger partial charge in [-0.15, -0.1) is 0 Å². The highest BCUT2D eigenvalue weighted by Gasteiger charge is 1.98. The van der Waals surface area contributed by atoms with E-state index in [1.165, 1.54) is 147 Å². The van der Waals surface area contributed by atoms with Gasteiger partial charge in [0, 0.05) is 18.6 Å². The molecule has 0 aliphatic rings. The van der Waals surface area contributed by atoms with Crippen LogP contribution >= 0.6 is 0 Å². The summed E-state index contributed by atoms with van der Waals surface area (Å²) >= 11 is 0. The zero-order valence-corrected chi connectivity index (χ0v) is 25.4. The molecule has 0 fully saturated rings. The molecule has 0 atom stereocenters. The molecule has 0 amide bonds. The molecule has 0 spiro atoms. The van der Waals surface area contributed by atoms with Gasteiger partial charge < -0.3 is 5.11 Å². The van der Waals surface area contributed by atoms with Crippen LogP contribution in [0.3, 0.4) is 0 Å². The zero-order chi connectivity index (χ0) is 27.4. The molecule has 2 rings (SSSR count). The fourth-order valence-electron chi connectivity index (χ4n) is 5.02. The number of hydrogen-bond acceptors (Lipinski definition) is 1. The van der Waals surface area contributed by atoms with Crippen LogP contribution in [0.4, 0.5) is 0 Å². The van der Waals surface area contributed by atoms with E-state index >= 15 is 0 Å². The number of pyridine rings is 1. The third-order valence-corrected chi connectivity index (χ3v) is 7.55. The minimum Gasteiger partial charge on any atom is -0.508 e. The molecule has 0 bridgehead atoms. The number of hydrogen-bond donors (Lipinski definition) is 1. The van der Waals surface area contributed by atoms with Gasteiger partial charge in [-0.05, 0) is 37.0 Å². The highest BCUT2D eigenvalue weighted by molar-refractivity contribution is 5.25. The Morgan fingerprint density at radius 2 is 0.868 bits per heavy atom. The number of benzene rings is 1. The highest BCUT2D eigenvalue weighted by Crippen LogP contribution is 2.14. The van der Waals surface area contributed by atoms with Gasteiger partial charge in [-0.25, -0.2) is 4.57 Å². The maximum atomic E-state index is 9.15. The van der Waals surface area contributed by atoms with Crippen molar-refractivity contribution in [3.05, 3.63) is 60.4 Å². The first kappa shape index (κ1) is 34.2. The molecule has 0 saturated heterocycles. The summed E-state index contributed by atoms with van der Waals surface area (Å²) in [7, 11) is 0. The van der Waals surface area contributed by atoms with E-state index in [4.69, 9.17) is 5.11 Å². The minimum absolute atomic E-state index is 0.364. The van der Waals surface area contributed by atoms with E-state index in [-0.39, 0.29) is 0 Å². The van der Waals surface area contributed by atoms with Crippen molar-refractivity contribution in [1.29, 1.82) is 0 Å². The molecule has 2 heteroatoms. The standard InChI is InChI=1S/C21H38N.C15H24O/c1-2-3-4-5-6-7-8-9-10-11-12-13-14-16-19-22-20-17-15-18-21-22;1-2-3-4-5-6-7-8-9-14-10-12-15(16)13-11-14/h15,17-18,20-21H,2-14,16,19H2,1H3;10-13,16H,2-9H2,1H3/q+1;. The molecule has 2 aromatic rings. The quantitative estimate of drug-likeness (QED) is 0.113. The van der Waals surface area contributed by atoms with Gasteiger partial charge in [-0.2, -0.15) is 0 Å². The van der Waals surface area contributed by atoms with Crippen LogP contribution in [0, 0.1) is 0 Å². The summed E-state index contributed by atoms with van der Waals surface area (Å²) in [5.41, 5.74) is 1.34. The first-order chi connectivity index (χ1) is 18.8. The van der Waals surface area contributed by atoms with E-state index in [2.05, 4.69) is 49.0 Å². The van der Waals surface area contributed by atoms with E-state index < -0.39 is 0 Å². The normalized spacial score (nSPS) is 10.8. The van der Waals surface area contributed by atoms with Crippen LogP contribution in [-0.2, 0) is 13.0 Å². The van der Waals surface area contributed by atoms with Crippen molar-refractivity contribution in [3.63, 3.8) is 0 Å². The minimum atomic E-state index is 0.364. The van der Waals surface area contributed by atoms with Crippen molar-refractivity contribution < 1.29 is 9.67 Å². The number of unbranched alkanes of at least 4 members (excludes halogenated alkanes) is 19. The first-order valence-electron chi connectivity index (χ1n) is 16.5. The van der Waals surface area contributed by atoms with Crippen LogP contribution in [0.5, 0.6) is 5.75 Å². The van der Waals surface area contributed by atoms with Crippen LogP contribution in [0.1, 0.15) is 154 Å². The molecule has 38 heavy (non-hydrogen) atoms. The molecule has 0 unspecified atom stereocenters. The van der Waals surface area contributed by atoms with Crippen molar-refractivity contribution in [3.8, 4) is 5.75 Å². The van der Waals surface area contributed by atoms with Crippen LogP contribution < -0.4 is 4.57 Å². The number of rotatable bonds is 23. The average Bonchev–Trinajstić information content (AvgIpc) is 2.95. The largest absolute Gasteiger partial charge is 0.508 e. The third kappa shape index (κ3) is 22.2.